The summed E-state index contributed by atoms with van der Waals surface area (Å²) in [5.41, 5.74) is -0.282. The first-order valence-electron chi connectivity index (χ1n) is 5.80. The minimum atomic E-state index is -0.282. The molecule has 1 fully saturated rings. The molecule has 1 aliphatic rings. The van der Waals surface area contributed by atoms with Crippen molar-refractivity contribution in [1.29, 1.82) is 0 Å². The molecule has 0 radical (unpaired) electrons. The van der Waals surface area contributed by atoms with E-state index in [4.69, 9.17) is 16.3 Å². The number of ether oxygens (including phenoxy) is 1. The van der Waals surface area contributed by atoms with Crippen molar-refractivity contribution in [3.05, 3.63) is 10.3 Å². The summed E-state index contributed by atoms with van der Waals surface area (Å²) in [7, 11) is 0. The smallest absolute Gasteiger partial charge is 0.203 e. The minimum absolute atomic E-state index is 0.282. The summed E-state index contributed by atoms with van der Waals surface area (Å²) in [4.78, 5) is 4.31. The van der Waals surface area contributed by atoms with Crippen molar-refractivity contribution in [2.75, 3.05) is 6.61 Å². The first-order chi connectivity index (χ1) is 7.66. The van der Waals surface area contributed by atoms with Gasteiger partial charge in [0, 0.05) is 6.61 Å². The molecule has 1 aliphatic carbocycles. The van der Waals surface area contributed by atoms with E-state index in [9.17, 15) is 0 Å². The predicted molar refractivity (Wildman–Crippen MR) is 65.9 cm³/mol. The second-order valence-electron chi connectivity index (χ2n) is 4.50. The van der Waals surface area contributed by atoms with E-state index >= 15 is 0 Å². The molecule has 0 saturated heterocycles. The lowest BCUT2D eigenvalue weighted by Crippen LogP contribution is -2.36. The quantitative estimate of drug-likeness (QED) is 0.832. The van der Waals surface area contributed by atoms with Gasteiger partial charge in [-0.1, -0.05) is 13.3 Å². The molecule has 0 aliphatic heterocycles. The SMILES string of the molecule is CCOC1(c2nsc(Cl)n2)CCCC(C)C1. The summed E-state index contributed by atoms with van der Waals surface area (Å²) in [5.74, 6) is 1.46. The maximum Gasteiger partial charge on any atom is 0.203 e. The fourth-order valence-corrected chi connectivity index (χ4v) is 3.25. The number of nitrogens with zero attached hydrogens (tertiary/aromatic N) is 2. The van der Waals surface area contributed by atoms with Crippen molar-refractivity contribution < 1.29 is 4.74 Å². The van der Waals surface area contributed by atoms with E-state index in [0.717, 1.165) is 18.7 Å². The Morgan fingerprint density at radius 2 is 2.44 bits per heavy atom. The molecule has 2 rings (SSSR count). The highest BCUT2D eigenvalue weighted by atomic mass is 35.5. The van der Waals surface area contributed by atoms with Crippen molar-refractivity contribution in [2.45, 2.75) is 45.1 Å². The molecule has 90 valence electrons. The Kier molecular flexibility index (Phi) is 3.82. The van der Waals surface area contributed by atoms with E-state index in [1.165, 1.54) is 24.4 Å². The average molecular weight is 261 g/mol. The molecule has 1 aromatic rings. The number of hydrogen-bond acceptors (Lipinski definition) is 4. The lowest BCUT2D eigenvalue weighted by molar-refractivity contribution is -0.0873. The van der Waals surface area contributed by atoms with Crippen LogP contribution >= 0.6 is 23.1 Å². The molecule has 16 heavy (non-hydrogen) atoms. The van der Waals surface area contributed by atoms with E-state index in [1.54, 1.807) is 0 Å². The van der Waals surface area contributed by atoms with Crippen molar-refractivity contribution in [3.63, 3.8) is 0 Å². The van der Waals surface area contributed by atoms with Crippen LogP contribution in [0.5, 0.6) is 0 Å². The van der Waals surface area contributed by atoms with E-state index in [1.807, 2.05) is 6.92 Å². The zero-order valence-corrected chi connectivity index (χ0v) is 11.3. The normalized spacial score (nSPS) is 30.6. The van der Waals surface area contributed by atoms with Gasteiger partial charge in [-0.25, -0.2) is 4.98 Å². The molecule has 0 amide bonds. The van der Waals surface area contributed by atoms with Crippen LogP contribution in [-0.4, -0.2) is 16.0 Å². The van der Waals surface area contributed by atoms with Crippen molar-refractivity contribution in [1.82, 2.24) is 9.36 Å². The van der Waals surface area contributed by atoms with E-state index < -0.39 is 0 Å². The number of hydrogen-bond donors (Lipinski definition) is 0. The molecule has 1 aromatic heterocycles. The molecule has 2 unspecified atom stereocenters. The van der Waals surface area contributed by atoms with Crippen molar-refractivity contribution >= 4 is 23.1 Å². The first kappa shape index (κ1) is 12.3. The Hall–Kier alpha value is -0.190. The summed E-state index contributed by atoms with van der Waals surface area (Å²) in [5, 5.41) is 0. The molecule has 5 heteroatoms. The van der Waals surface area contributed by atoms with Crippen molar-refractivity contribution in [2.24, 2.45) is 5.92 Å². The Morgan fingerprint density at radius 3 is 3.00 bits per heavy atom. The van der Waals surface area contributed by atoms with E-state index in [2.05, 4.69) is 16.3 Å². The standard InChI is InChI=1S/C11H17ClN2OS/c1-3-15-11(6-4-5-8(2)7-11)9-13-10(12)16-14-9/h8H,3-7H2,1-2H3. The molecule has 0 bridgehead atoms. The topological polar surface area (TPSA) is 35.0 Å². The summed E-state index contributed by atoms with van der Waals surface area (Å²) < 4.78 is 10.8. The van der Waals surface area contributed by atoms with Crippen LogP contribution in [0.2, 0.25) is 4.47 Å². The lowest BCUT2D eigenvalue weighted by Gasteiger charge is -2.37. The Balaban J connectivity index is 2.27. The Labute approximate surface area is 105 Å². The monoisotopic (exact) mass is 260 g/mol. The molecule has 0 N–H and O–H groups in total. The maximum atomic E-state index is 5.96. The van der Waals surface area contributed by atoms with Gasteiger partial charge < -0.3 is 4.74 Å². The fraction of sp³-hybridized carbons (Fsp3) is 0.818. The van der Waals surface area contributed by atoms with Gasteiger partial charge in [-0.15, -0.1) is 0 Å². The highest BCUT2D eigenvalue weighted by molar-refractivity contribution is 7.10. The van der Waals surface area contributed by atoms with Crippen LogP contribution in [0, 0.1) is 5.92 Å². The Bertz CT molecular complexity index is 354. The van der Waals surface area contributed by atoms with Crippen LogP contribution in [0.1, 0.15) is 45.4 Å². The average Bonchev–Trinajstić information content (AvgIpc) is 2.66. The van der Waals surface area contributed by atoms with Gasteiger partial charge in [0.1, 0.15) is 5.60 Å². The van der Waals surface area contributed by atoms with E-state index in [-0.39, 0.29) is 5.60 Å². The van der Waals surface area contributed by atoms with Crippen LogP contribution in [0.3, 0.4) is 0 Å². The van der Waals surface area contributed by atoms with Gasteiger partial charge in [-0.2, -0.15) is 4.37 Å². The van der Waals surface area contributed by atoms with Gasteiger partial charge in [0.15, 0.2) is 5.82 Å². The second kappa shape index (κ2) is 4.98. The molecule has 3 nitrogen and oxygen atoms in total. The van der Waals surface area contributed by atoms with Gasteiger partial charge >= 0.3 is 0 Å². The first-order valence-corrected chi connectivity index (χ1v) is 6.95. The molecule has 1 saturated carbocycles. The minimum Gasteiger partial charge on any atom is -0.367 e. The van der Waals surface area contributed by atoms with Crippen LogP contribution in [0.15, 0.2) is 0 Å². The molecular formula is C11H17ClN2OS. The fourth-order valence-electron chi connectivity index (χ4n) is 2.57. The van der Waals surface area contributed by atoms with Crippen molar-refractivity contribution in [3.8, 4) is 0 Å². The maximum absolute atomic E-state index is 5.96. The molecule has 0 spiro atoms. The molecule has 0 aromatic carbocycles. The van der Waals surface area contributed by atoms with Crippen LogP contribution in [0.4, 0.5) is 0 Å². The second-order valence-corrected chi connectivity index (χ2v) is 5.83. The summed E-state index contributed by atoms with van der Waals surface area (Å²) >= 11 is 7.12. The highest BCUT2D eigenvalue weighted by Crippen LogP contribution is 2.42. The third kappa shape index (κ3) is 2.39. The van der Waals surface area contributed by atoms with Crippen LogP contribution in [-0.2, 0) is 10.3 Å². The zero-order chi connectivity index (χ0) is 11.6. The Morgan fingerprint density at radius 1 is 1.62 bits per heavy atom. The van der Waals surface area contributed by atoms with Gasteiger partial charge in [-0.3, -0.25) is 0 Å². The largest absolute Gasteiger partial charge is 0.367 e. The van der Waals surface area contributed by atoms with E-state index in [0.29, 0.717) is 17.0 Å². The zero-order valence-electron chi connectivity index (χ0n) is 9.70. The van der Waals surface area contributed by atoms with Crippen LogP contribution < -0.4 is 0 Å². The molecule has 1 heterocycles. The highest BCUT2D eigenvalue weighted by Gasteiger charge is 2.40. The van der Waals surface area contributed by atoms with Gasteiger partial charge in [0.2, 0.25) is 4.47 Å². The van der Waals surface area contributed by atoms with Gasteiger partial charge in [-0.05, 0) is 55.2 Å². The predicted octanol–water partition coefficient (Wildman–Crippen LogP) is 3.63. The van der Waals surface area contributed by atoms with Gasteiger partial charge in [0.05, 0.1) is 0 Å². The number of rotatable bonds is 3. The summed E-state index contributed by atoms with van der Waals surface area (Å²) in [6.45, 7) is 4.99. The summed E-state index contributed by atoms with van der Waals surface area (Å²) in [6, 6.07) is 0. The summed E-state index contributed by atoms with van der Waals surface area (Å²) in [6.07, 6.45) is 4.47. The molecule has 2 atom stereocenters. The lowest BCUT2D eigenvalue weighted by atomic mass is 9.78. The molecular weight excluding hydrogens is 244 g/mol. The third-order valence-corrected chi connectivity index (χ3v) is 3.98. The number of halogens is 1. The van der Waals surface area contributed by atoms with Crippen LogP contribution in [0.25, 0.3) is 0 Å². The van der Waals surface area contributed by atoms with Gasteiger partial charge in [0.25, 0.3) is 0 Å². The number of aromatic nitrogens is 2. The third-order valence-electron chi connectivity index (χ3n) is 3.19.